The minimum Gasteiger partial charge on any atom is -0.355 e. The number of aryl methyl sites for hydroxylation is 1. The SMILES string of the molecule is Cc1ccc(Nc2ccnc(F)c2)cc1C(F)(F)F. The van der Waals surface area contributed by atoms with E-state index in [2.05, 4.69) is 10.3 Å². The van der Waals surface area contributed by atoms with E-state index >= 15 is 0 Å². The number of benzene rings is 1. The fourth-order valence-corrected chi connectivity index (χ4v) is 1.65. The van der Waals surface area contributed by atoms with E-state index in [1.807, 2.05) is 0 Å². The van der Waals surface area contributed by atoms with Crippen LogP contribution in [-0.2, 0) is 6.18 Å². The molecule has 2 rings (SSSR count). The van der Waals surface area contributed by atoms with E-state index in [1.165, 1.54) is 31.3 Å². The molecule has 6 heteroatoms. The molecule has 2 aromatic rings. The molecule has 0 radical (unpaired) electrons. The highest BCUT2D eigenvalue weighted by molar-refractivity contribution is 5.60. The van der Waals surface area contributed by atoms with Gasteiger partial charge in [0.25, 0.3) is 0 Å². The van der Waals surface area contributed by atoms with E-state index in [0.717, 1.165) is 12.1 Å². The van der Waals surface area contributed by atoms with E-state index in [1.54, 1.807) is 0 Å². The lowest BCUT2D eigenvalue weighted by Gasteiger charge is -2.13. The molecule has 0 saturated carbocycles. The van der Waals surface area contributed by atoms with Gasteiger partial charge < -0.3 is 5.32 Å². The molecule has 0 fully saturated rings. The Labute approximate surface area is 107 Å². The molecule has 0 bridgehead atoms. The zero-order valence-corrected chi connectivity index (χ0v) is 9.92. The highest BCUT2D eigenvalue weighted by atomic mass is 19.4. The second-order valence-electron chi connectivity index (χ2n) is 4.02. The van der Waals surface area contributed by atoms with Crippen LogP contribution in [-0.4, -0.2) is 4.98 Å². The van der Waals surface area contributed by atoms with E-state index in [9.17, 15) is 17.6 Å². The summed E-state index contributed by atoms with van der Waals surface area (Å²) < 4.78 is 51.1. The molecule has 1 aromatic carbocycles. The van der Waals surface area contributed by atoms with Crippen molar-refractivity contribution in [3.63, 3.8) is 0 Å². The highest BCUT2D eigenvalue weighted by Gasteiger charge is 2.32. The summed E-state index contributed by atoms with van der Waals surface area (Å²) >= 11 is 0. The third-order valence-corrected chi connectivity index (χ3v) is 2.56. The van der Waals surface area contributed by atoms with Gasteiger partial charge in [0.15, 0.2) is 0 Å². The van der Waals surface area contributed by atoms with Gasteiger partial charge in [0.2, 0.25) is 5.95 Å². The van der Waals surface area contributed by atoms with E-state index in [4.69, 9.17) is 0 Å². The second kappa shape index (κ2) is 4.87. The standard InChI is InChI=1S/C13H10F4N2/c1-8-2-3-9(6-11(8)13(15,16)17)19-10-4-5-18-12(14)7-10/h2-7H,1H3,(H,18,19). The van der Waals surface area contributed by atoms with Crippen LogP contribution in [0.2, 0.25) is 0 Å². The normalized spacial score (nSPS) is 11.4. The van der Waals surface area contributed by atoms with E-state index in [-0.39, 0.29) is 11.3 Å². The molecule has 0 aliphatic rings. The molecule has 100 valence electrons. The lowest BCUT2D eigenvalue weighted by atomic mass is 10.1. The van der Waals surface area contributed by atoms with Crippen molar-refractivity contribution >= 4 is 11.4 Å². The lowest BCUT2D eigenvalue weighted by molar-refractivity contribution is -0.138. The molecule has 0 aliphatic heterocycles. The molecular formula is C13H10F4N2. The first kappa shape index (κ1) is 13.3. The zero-order valence-electron chi connectivity index (χ0n) is 9.92. The number of nitrogens with one attached hydrogen (secondary N) is 1. The number of anilines is 2. The van der Waals surface area contributed by atoms with E-state index < -0.39 is 17.7 Å². The van der Waals surface area contributed by atoms with Crippen molar-refractivity contribution in [1.82, 2.24) is 4.98 Å². The Hall–Kier alpha value is -2.11. The summed E-state index contributed by atoms with van der Waals surface area (Å²) in [6.07, 6.45) is -3.18. The smallest absolute Gasteiger partial charge is 0.355 e. The molecule has 19 heavy (non-hydrogen) atoms. The molecular weight excluding hydrogens is 260 g/mol. The molecule has 0 atom stereocenters. The summed E-state index contributed by atoms with van der Waals surface area (Å²) in [5.41, 5.74) is -0.000936. The largest absolute Gasteiger partial charge is 0.416 e. The summed E-state index contributed by atoms with van der Waals surface area (Å²) in [6.45, 7) is 1.39. The van der Waals surface area contributed by atoms with Crippen LogP contribution in [0.5, 0.6) is 0 Å². The number of aromatic nitrogens is 1. The summed E-state index contributed by atoms with van der Waals surface area (Å²) in [7, 11) is 0. The summed E-state index contributed by atoms with van der Waals surface area (Å²) in [6, 6.07) is 6.43. The van der Waals surface area contributed by atoms with Crippen LogP contribution in [0, 0.1) is 12.9 Å². The molecule has 1 heterocycles. The Morgan fingerprint density at radius 3 is 2.37 bits per heavy atom. The predicted molar refractivity (Wildman–Crippen MR) is 63.7 cm³/mol. The molecule has 0 saturated heterocycles. The van der Waals surface area contributed by atoms with Crippen LogP contribution in [0.1, 0.15) is 11.1 Å². The van der Waals surface area contributed by atoms with Gasteiger partial charge in [-0.25, -0.2) is 4.98 Å². The Morgan fingerprint density at radius 1 is 1.05 bits per heavy atom. The summed E-state index contributed by atoms with van der Waals surface area (Å²) in [4.78, 5) is 3.37. The van der Waals surface area contributed by atoms with Gasteiger partial charge in [-0.05, 0) is 30.7 Å². The number of alkyl halides is 3. The summed E-state index contributed by atoms with van der Waals surface area (Å²) in [5.74, 6) is -0.701. The first-order chi connectivity index (χ1) is 8.86. The van der Waals surface area contributed by atoms with Crippen LogP contribution in [0.15, 0.2) is 36.5 Å². The molecule has 0 amide bonds. The Bertz CT molecular complexity index is 593. The molecule has 0 spiro atoms. The predicted octanol–water partition coefficient (Wildman–Crippen LogP) is 4.29. The number of rotatable bonds is 2. The van der Waals surface area contributed by atoms with Gasteiger partial charge in [-0.15, -0.1) is 0 Å². The van der Waals surface area contributed by atoms with Crippen molar-refractivity contribution in [2.24, 2.45) is 0 Å². The van der Waals surface area contributed by atoms with Gasteiger partial charge in [-0.2, -0.15) is 17.6 Å². The monoisotopic (exact) mass is 270 g/mol. The van der Waals surface area contributed by atoms with Crippen LogP contribution >= 0.6 is 0 Å². The van der Waals surface area contributed by atoms with Gasteiger partial charge >= 0.3 is 6.18 Å². The first-order valence-corrected chi connectivity index (χ1v) is 5.43. The topological polar surface area (TPSA) is 24.9 Å². The maximum atomic E-state index is 12.9. The molecule has 2 nitrogen and oxygen atoms in total. The molecule has 0 unspecified atom stereocenters. The van der Waals surface area contributed by atoms with Crippen molar-refractivity contribution in [2.75, 3.05) is 5.32 Å². The average molecular weight is 270 g/mol. The van der Waals surface area contributed by atoms with E-state index in [0.29, 0.717) is 5.69 Å². The summed E-state index contributed by atoms with van der Waals surface area (Å²) in [5, 5.41) is 2.70. The zero-order chi connectivity index (χ0) is 14.0. The minimum atomic E-state index is -4.41. The van der Waals surface area contributed by atoms with Gasteiger partial charge in [0.05, 0.1) is 5.56 Å². The van der Waals surface area contributed by atoms with Gasteiger partial charge in [0.1, 0.15) is 0 Å². The van der Waals surface area contributed by atoms with Crippen molar-refractivity contribution < 1.29 is 17.6 Å². The molecule has 1 N–H and O–H groups in total. The van der Waals surface area contributed by atoms with Crippen molar-refractivity contribution in [3.8, 4) is 0 Å². The number of nitrogens with zero attached hydrogens (tertiary/aromatic N) is 1. The third-order valence-electron chi connectivity index (χ3n) is 2.56. The number of hydrogen-bond acceptors (Lipinski definition) is 2. The maximum Gasteiger partial charge on any atom is 0.416 e. The van der Waals surface area contributed by atoms with Crippen molar-refractivity contribution in [3.05, 3.63) is 53.6 Å². The number of pyridine rings is 1. The average Bonchev–Trinajstić information content (AvgIpc) is 2.30. The Morgan fingerprint density at radius 2 is 1.74 bits per heavy atom. The maximum absolute atomic E-state index is 12.9. The third kappa shape index (κ3) is 3.21. The first-order valence-electron chi connectivity index (χ1n) is 5.43. The van der Waals surface area contributed by atoms with Gasteiger partial charge in [-0.1, -0.05) is 6.07 Å². The lowest BCUT2D eigenvalue weighted by Crippen LogP contribution is -2.08. The van der Waals surface area contributed by atoms with Crippen LogP contribution in [0.4, 0.5) is 28.9 Å². The molecule has 1 aromatic heterocycles. The van der Waals surface area contributed by atoms with Crippen molar-refractivity contribution in [2.45, 2.75) is 13.1 Å². The van der Waals surface area contributed by atoms with Crippen LogP contribution < -0.4 is 5.32 Å². The fourth-order valence-electron chi connectivity index (χ4n) is 1.65. The van der Waals surface area contributed by atoms with Crippen LogP contribution in [0.3, 0.4) is 0 Å². The number of halogens is 4. The highest BCUT2D eigenvalue weighted by Crippen LogP contribution is 2.34. The Kier molecular flexibility index (Phi) is 3.42. The minimum absolute atomic E-state index is 0.138. The van der Waals surface area contributed by atoms with Gasteiger partial charge in [0, 0.05) is 23.6 Å². The molecule has 0 aliphatic carbocycles. The second-order valence-corrected chi connectivity index (χ2v) is 4.02. The quantitative estimate of drug-likeness (QED) is 0.650. The number of hydrogen-bond donors (Lipinski definition) is 1. The fraction of sp³-hybridized carbons (Fsp3) is 0.154. The van der Waals surface area contributed by atoms with Crippen LogP contribution in [0.25, 0.3) is 0 Å². The van der Waals surface area contributed by atoms with Crippen molar-refractivity contribution in [1.29, 1.82) is 0 Å². The Balaban J connectivity index is 2.32. The van der Waals surface area contributed by atoms with Gasteiger partial charge in [-0.3, -0.25) is 0 Å².